The maximum atomic E-state index is 9.83. The molecule has 0 aliphatic heterocycles. The summed E-state index contributed by atoms with van der Waals surface area (Å²) in [6.07, 6.45) is 7.09. The Morgan fingerprint density at radius 3 is 2.78 bits per heavy atom. The van der Waals surface area contributed by atoms with Gasteiger partial charge < -0.3 is 15.5 Å². The molecule has 1 unspecified atom stereocenters. The molecular weight excluding hydrogens is 230 g/mol. The zero-order valence-corrected chi connectivity index (χ0v) is 10.7. The molecule has 1 aromatic rings. The minimum atomic E-state index is -0.404. The molecule has 1 aliphatic rings. The van der Waals surface area contributed by atoms with Crippen LogP contribution >= 0.6 is 0 Å². The van der Waals surface area contributed by atoms with Gasteiger partial charge in [0, 0.05) is 18.9 Å². The van der Waals surface area contributed by atoms with Crippen LogP contribution < -0.4 is 5.32 Å². The predicted octanol–water partition coefficient (Wildman–Crippen LogP) is 0.385. The highest BCUT2D eigenvalue weighted by molar-refractivity contribution is 4.79. The molecule has 1 fully saturated rings. The fourth-order valence-corrected chi connectivity index (χ4v) is 2.49. The summed E-state index contributed by atoms with van der Waals surface area (Å²) in [7, 11) is 0. The molecule has 0 amide bonds. The van der Waals surface area contributed by atoms with E-state index < -0.39 is 6.10 Å². The van der Waals surface area contributed by atoms with E-state index in [1.165, 1.54) is 0 Å². The number of aromatic nitrogens is 2. The molecule has 1 saturated carbocycles. The first-order chi connectivity index (χ1) is 8.74. The van der Waals surface area contributed by atoms with E-state index in [-0.39, 0.29) is 6.10 Å². The van der Waals surface area contributed by atoms with Gasteiger partial charge in [-0.05, 0) is 44.2 Å². The van der Waals surface area contributed by atoms with Gasteiger partial charge in [-0.1, -0.05) is 0 Å². The van der Waals surface area contributed by atoms with Gasteiger partial charge in [-0.25, -0.2) is 0 Å². The Kier molecular flexibility index (Phi) is 5.16. The van der Waals surface area contributed by atoms with Crippen LogP contribution in [0.4, 0.5) is 0 Å². The first-order valence-electron chi connectivity index (χ1n) is 6.78. The fraction of sp³-hybridized carbons (Fsp3) is 0.769. The van der Waals surface area contributed by atoms with Crippen LogP contribution in [0.3, 0.4) is 0 Å². The summed E-state index contributed by atoms with van der Waals surface area (Å²) in [5, 5.41) is 26.6. The molecule has 18 heavy (non-hydrogen) atoms. The van der Waals surface area contributed by atoms with Crippen LogP contribution in [0.1, 0.15) is 25.7 Å². The van der Waals surface area contributed by atoms with Crippen LogP contribution in [0.5, 0.6) is 0 Å². The standard InChI is InChI=1S/C13H23N3O2/c17-12-4-2-11(3-5-12)8-14-9-13(18)10-16-7-1-6-15-16/h1,6-7,11-14,17-18H,2-5,8-10H2. The van der Waals surface area contributed by atoms with Crippen molar-refractivity contribution < 1.29 is 10.2 Å². The number of aliphatic hydroxyl groups is 2. The maximum absolute atomic E-state index is 9.83. The normalized spacial score (nSPS) is 26.1. The average Bonchev–Trinajstić information content (AvgIpc) is 2.84. The number of rotatable bonds is 6. The van der Waals surface area contributed by atoms with E-state index >= 15 is 0 Å². The number of nitrogens with one attached hydrogen (secondary N) is 1. The van der Waals surface area contributed by atoms with E-state index in [0.717, 1.165) is 32.2 Å². The lowest BCUT2D eigenvalue weighted by Crippen LogP contribution is -2.35. The molecule has 1 aliphatic carbocycles. The SMILES string of the molecule is OC1CCC(CNCC(O)Cn2cccn2)CC1. The molecule has 0 spiro atoms. The highest BCUT2D eigenvalue weighted by Gasteiger charge is 2.19. The summed E-state index contributed by atoms with van der Waals surface area (Å²) in [5.41, 5.74) is 0. The van der Waals surface area contributed by atoms with Gasteiger partial charge in [0.1, 0.15) is 0 Å². The lowest BCUT2D eigenvalue weighted by Gasteiger charge is -2.25. The van der Waals surface area contributed by atoms with Crippen molar-refractivity contribution in [3.05, 3.63) is 18.5 Å². The van der Waals surface area contributed by atoms with Gasteiger partial charge in [-0.2, -0.15) is 5.10 Å². The van der Waals surface area contributed by atoms with E-state index in [0.29, 0.717) is 19.0 Å². The zero-order valence-electron chi connectivity index (χ0n) is 10.7. The van der Waals surface area contributed by atoms with Gasteiger partial charge in [0.2, 0.25) is 0 Å². The van der Waals surface area contributed by atoms with Crippen LogP contribution in [0, 0.1) is 5.92 Å². The van der Waals surface area contributed by atoms with Crippen molar-refractivity contribution in [2.45, 2.75) is 44.4 Å². The Labute approximate surface area is 108 Å². The maximum Gasteiger partial charge on any atom is 0.0860 e. The highest BCUT2D eigenvalue weighted by Crippen LogP contribution is 2.23. The van der Waals surface area contributed by atoms with Crippen molar-refractivity contribution in [3.8, 4) is 0 Å². The minimum absolute atomic E-state index is 0.0911. The van der Waals surface area contributed by atoms with Crippen molar-refractivity contribution in [1.82, 2.24) is 15.1 Å². The van der Waals surface area contributed by atoms with Crippen molar-refractivity contribution in [2.75, 3.05) is 13.1 Å². The Balaban J connectivity index is 1.57. The molecule has 1 aromatic heterocycles. The van der Waals surface area contributed by atoms with Crippen molar-refractivity contribution in [3.63, 3.8) is 0 Å². The largest absolute Gasteiger partial charge is 0.393 e. The first-order valence-corrected chi connectivity index (χ1v) is 6.78. The average molecular weight is 253 g/mol. The molecule has 1 atom stereocenters. The summed E-state index contributed by atoms with van der Waals surface area (Å²) in [4.78, 5) is 0. The first kappa shape index (κ1) is 13.5. The molecule has 102 valence electrons. The minimum Gasteiger partial charge on any atom is -0.393 e. The second kappa shape index (κ2) is 6.87. The Morgan fingerprint density at radius 1 is 1.33 bits per heavy atom. The molecule has 0 saturated heterocycles. The van der Waals surface area contributed by atoms with Crippen LogP contribution in [0.15, 0.2) is 18.5 Å². The third kappa shape index (κ3) is 4.40. The van der Waals surface area contributed by atoms with Gasteiger partial charge in [0.15, 0.2) is 0 Å². The van der Waals surface area contributed by atoms with Crippen LogP contribution in [-0.4, -0.2) is 45.3 Å². The number of aliphatic hydroxyl groups excluding tert-OH is 2. The van der Waals surface area contributed by atoms with Gasteiger partial charge >= 0.3 is 0 Å². The van der Waals surface area contributed by atoms with Crippen molar-refractivity contribution in [2.24, 2.45) is 5.92 Å². The van der Waals surface area contributed by atoms with Gasteiger partial charge in [-0.3, -0.25) is 4.68 Å². The molecule has 0 aromatic carbocycles. The number of hydrogen-bond acceptors (Lipinski definition) is 4. The van der Waals surface area contributed by atoms with Crippen LogP contribution in [0.25, 0.3) is 0 Å². The van der Waals surface area contributed by atoms with E-state index in [1.54, 1.807) is 10.9 Å². The van der Waals surface area contributed by atoms with Crippen molar-refractivity contribution in [1.29, 1.82) is 0 Å². The molecule has 1 heterocycles. The molecule has 5 nitrogen and oxygen atoms in total. The van der Waals surface area contributed by atoms with Gasteiger partial charge in [0.05, 0.1) is 18.8 Å². The zero-order chi connectivity index (χ0) is 12.8. The predicted molar refractivity (Wildman–Crippen MR) is 69.1 cm³/mol. The second-order valence-electron chi connectivity index (χ2n) is 5.21. The Bertz CT molecular complexity index is 321. The summed E-state index contributed by atoms with van der Waals surface area (Å²) in [6.45, 7) is 2.06. The monoisotopic (exact) mass is 253 g/mol. The van der Waals surface area contributed by atoms with Crippen molar-refractivity contribution >= 4 is 0 Å². The van der Waals surface area contributed by atoms with Gasteiger partial charge in [-0.15, -0.1) is 0 Å². The van der Waals surface area contributed by atoms with E-state index in [1.807, 2.05) is 12.3 Å². The highest BCUT2D eigenvalue weighted by atomic mass is 16.3. The summed E-state index contributed by atoms with van der Waals surface area (Å²) in [6, 6.07) is 1.85. The number of hydrogen-bond donors (Lipinski definition) is 3. The topological polar surface area (TPSA) is 70.3 Å². The van der Waals surface area contributed by atoms with E-state index in [4.69, 9.17) is 0 Å². The Hall–Kier alpha value is -0.910. The quantitative estimate of drug-likeness (QED) is 0.686. The molecule has 0 radical (unpaired) electrons. The van der Waals surface area contributed by atoms with E-state index in [9.17, 15) is 10.2 Å². The third-order valence-electron chi connectivity index (χ3n) is 3.59. The van der Waals surface area contributed by atoms with Crippen LogP contribution in [-0.2, 0) is 6.54 Å². The smallest absolute Gasteiger partial charge is 0.0860 e. The summed E-state index contributed by atoms with van der Waals surface area (Å²) in [5.74, 6) is 0.644. The molecular formula is C13H23N3O2. The number of nitrogens with zero attached hydrogens (tertiary/aromatic N) is 2. The third-order valence-corrected chi connectivity index (χ3v) is 3.59. The van der Waals surface area contributed by atoms with Crippen LogP contribution in [0.2, 0.25) is 0 Å². The Morgan fingerprint density at radius 2 is 2.11 bits per heavy atom. The molecule has 5 heteroatoms. The summed E-state index contributed by atoms with van der Waals surface area (Å²) >= 11 is 0. The lowest BCUT2D eigenvalue weighted by molar-refractivity contribution is 0.104. The fourth-order valence-electron chi connectivity index (χ4n) is 2.49. The molecule has 2 rings (SSSR count). The molecule has 0 bridgehead atoms. The molecule has 3 N–H and O–H groups in total. The summed E-state index contributed by atoms with van der Waals surface area (Å²) < 4.78 is 1.74. The second-order valence-corrected chi connectivity index (χ2v) is 5.21. The lowest BCUT2D eigenvalue weighted by atomic mass is 9.87. The van der Waals surface area contributed by atoms with Gasteiger partial charge in [0.25, 0.3) is 0 Å². The van der Waals surface area contributed by atoms with E-state index in [2.05, 4.69) is 10.4 Å².